The summed E-state index contributed by atoms with van der Waals surface area (Å²) in [5, 5.41) is 13.5. The number of nitrogens with one attached hydrogen (secondary N) is 1. The van der Waals surface area contributed by atoms with E-state index in [1.807, 2.05) is 6.92 Å². The fraction of sp³-hybridized carbons (Fsp3) is 0.263. The quantitative estimate of drug-likeness (QED) is 0.489. The van der Waals surface area contributed by atoms with Crippen LogP contribution in [-0.2, 0) is 23.9 Å². The number of hydrogen-bond acceptors (Lipinski definition) is 11. The van der Waals surface area contributed by atoms with Gasteiger partial charge in [0.2, 0.25) is 11.5 Å². The monoisotopic (exact) mass is 426 g/mol. The highest BCUT2D eigenvalue weighted by Crippen LogP contribution is 2.27. The number of nitrogens with zero attached hydrogens (tertiary/aromatic N) is 5. The molecule has 160 valence electrons. The summed E-state index contributed by atoms with van der Waals surface area (Å²) in [6.45, 7) is 2.36. The van der Waals surface area contributed by atoms with Gasteiger partial charge in [0.05, 0.1) is 32.5 Å². The summed E-state index contributed by atoms with van der Waals surface area (Å²) in [4.78, 5) is 44.0. The Balaban J connectivity index is 2.01. The molecule has 2 heterocycles. The SMILES string of the molecule is CCCOc1ccc(NC(=CC(=O)OC)C(=O)OC)cc1C1=NC(=O)C2=NN=NC2=N1. The number of carbonyl (C=O) groups excluding carboxylic acids is 3. The van der Waals surface area contributed by atoms with Gasteiger partial charge in [-0.25, -0.2) is 14.6 Å². The molecule has 0 fully saturated rings. The van der Waals surface area contributed by atoms with Crippen molar-refractivity contribution in [3.63, 3.8) is 0 Å². The van der Waals surface area contributed by atoms with Crippen molar-refractivity contribution in [2.24, 2.45) is 25.4 Å². The summed E-state index contributed by atoms with van der Waals surface area (Å²) >= 11 is 0. The van der Waals surface area contributed by atoms with Gasteiger partial charge >= 0.3 is 17.8 Å². The molecule has 0 unspecified atom stereocenters. The second-order valence-corrected chi connectivity index (χ2v) is 6.07. The third-order valence-electron chi connectivity index (χ3n) is 3.95. The second kappa shape index (κ2) is 9.52. The number of aliphatic imine (C=N–C) groups is 2. The summed E-state index contributed by atoms with van der Waals surface area (Å²) in [6.07, 6.45) is 1.70. The van der Waals surface area contributed by atoms with Crippen LogP contribution in [0.25, 0.3) is 0 Å². The number of carbonyl (C=O) groups is 3. The molecule has 0 aliphatic carbocycles. The fourth-order valence-electron chi connectivity index (χ4n) is 2.52. The van der Waals surface area contributed by atoms with Crippen molar-refractivity contribution in [1.82, 2.24) is 0 Å². The first kappa shape index (κ1) is 21.5. The number of amides is 1. The summed E-state index contributed by atoms with van der Waals surface area (Å²) in [5.74, 6) is -1.65. The Bertz CT molecular complexity index is 1090. The van der Waals surface area contributed by atoms with Crippen LogP contribution in [-0.4, -0.2) is 56.1 Å². The van der Waals surface area contributed by atoms with E-state index in [9.17, 15) is 14.4 Å². The van der Waals surface area contributed by atoms with Gasteiger partial charge < -0.3 is 19.5 Å². The number of fused-ring (bicyclic) bond motifs is 1. The molecule has 1 aromatic rings. The Labute approximate surface area is 176 Å². The lowest BCUT2D eigenvalue weighted by Gasteiger charge is -2.15. The Morgan fingerprint density at radius 3 is 2.65 bits per heavy atom. The van der Waals surface area contributed by atoms with E-state index in [0.29, 0.717) is 23.6 Å². The molecule has 12 nitrogen and oxygen atoms in total. The van der Waals surface area contributed by atoms with Crippen LogP contribution in [0, 0.1) is 0 Å². The van der Waals surface area contributed by atoms with Crippen LogP contribution in [0.1, 0.15) is 18.9 Å². The summed E-state index contributed by atoms with van der Waals surface area (Å²) in [5.41, 5.74) is 0.544. The van der Waals surface area contributed by atoms with E-state index in [1.54, 1.807) is 18.2 Å². The van der Waals surface area contributed by atoms with Gasteiger partial charge in [0, 0.05) is 5.69 Å². The normalized spacial score (nSPS) is 14.9. The van der Waals surface area contributed by atoms with Crippen LogP contribution >= 0.6 is 0 Å². The summed E-state index contributed by atoms with van der Waals surface area (Å²) in [6, 6.07) is 4.79. The summed E-state index contributed by atoms with van der Waals surface area (Å²) in [7, 11) is 2.36. The van der Waals surface area contributed by atoms with Gasteiger partial charge in [0.15, 0.2) is 5.84 Å². The minimum Gasteiger partial charge on any atom is -0.493 e. The molecular formula is C19H18N6O6. The first-order valence-electron chi connectivity index (χ1n) is 9.09. The number of amidine groups is 2. The molecular weight excluding hydrogens is 408 g/mol. The van der Waals surface area contributed by atoms with Crippen LogP contribution in [0.3, 0.4) is 0 Å². The Morgan fingerprint density at radius 1 is 1.13 bits per heavy atom. The van der Waals surface area contributed by atoms with Crippen LogP contribution in [0.15, 0.2) is 55.4 Å². The summed E-state index contributed by atoms with van der Waals surface area (Å²) < 4.78 is 15.0. The van der Waals surface area contributed by atoms with E-state index in [2.05, 4.69) is 40.2 Å². The lowest BCUT2D eigenvalue weighted by atomic mass is 10.1. The molecule has 2 aliphatic heterocycles. The van der Waals surface area contributed by atoms with Gasteiger partial charge in [-0.15, -0.1) is 10.2 Å². The minimum absolute atomic E-state index is 0.0388. The van der Waals surface area contributed by atoms with Crippen molar-refractivity contribution in [2.45, 2.75) is 13.3 Å². The fourth-order valence-corrected chi connectivity index (χ4v) is 2.52. The van der Waals surface area contributed by atoms with Crippen molar-refractivity contribution in [3.8, 4) is 5.75 Å². The molecule has 3 rings (SSSR count). The number of anilines is 1. The first-order valence-corrected chi connectivity index (χ1v) is 9.09. The number of ether oxygens (including phenoxy) is 3. The van der Waals surface area contributed by atoms with Crippen LogP contribution < -0.4 is 10.1 Å². The molecule has 0 spiro atoms. The number of rotatable bonds is 8. The van der Waals surface area contributed by atoms with Crippen LogP contribution in [0.2, 0.25) is 0 Å². The highest BCUT2D eigenvalue weighted by Gasteiger charge is 2.29. The second-order valence-electron chi connectivity index (χ2n) is 6.07. The van der Waals surface area contributed by atoms with Crippen molar-refractivity contribution >= 4 is 40.9 Å². The molecule has 1 aromatic carbocycles. The number of hydrogen-bond donors (Lipinski definition) is 1. The molecule has 0 atom stereocenters. The van der Waals surface area contributed by atoms with E-state index in [0.717, 1.165) is 12.5 Å². The highest BCUT2D eigenvalue weighted by atomic mass is 16.5. The van der Waals surface area contributed by atoms with E-state index in [4.69, 9.17) is 4.74 Å². The van der Waals surface area contributed by atoms with E-state index >= 15 is 0 Å². The predicted molar refractivity (Wildman–Crippen MR) is 109 cm³/mol. The average molecular weight is 426 g/mol. The van der Waals surface area contributed by atoms with Gasteiger partial charge in [0.1, 0.15) is 11.4 Å². The Morgan fingerprint density at radius 2 is 1.94 bits per heavy atom. The minimum atomic E-state index is -0.782. The zero-order chi connectivity index (χ0) is 22.4. The van der Waals surface area contributed by atoms with Crippen molar-refractivity contribution in [3.05, 3.63) is 35.5 Å². The maximum Gasteiger partial charge on any atom is 0.354 e. The van der Waals surface area contributed by atoms with Gasteiger partial charge in [-0.3, -0.25) is 4.79 Å². The number of esters is 2. The Kier molecular flexibility index (Phi) is 6.60. The predicted octanol–water partition coefficient (Wildman–Crippen LogP) is 1.62. The zero-order valence-corrected chi connectivity index (χ0v) is 16.9. The van der Waals surface area contributed by atoms with Crippen molar-refractivity contribution in [1.29, 1.82) is 0 Å². The lowest BCUT2D eigenvalue weighted by molar-refractivity contribution is -0.138. The first-order chi connectivity index (χ1) is 15.0. The molecule has 2 aliphatic rings. The maximum atomic E-state index is 12.2. The van der Waals surface area contributed by atoms with Crippen molar-refractivity contribution < 1.29 is 28.6 Å². The molecule has 1 N–H and O–H groups in total. The molecule has 1 amide bonds. The molecule has 31 heavy (non-hydrogen) atoms. The van der Waals surface area contributed by atoms with E-state index < -0.39 is 17.8 Å². The Hall–Kier alpha value is -4.22. The van der Waals surface area contributed by atoms with Gasteiger partial charge in [0.25, 0.3) is 0 Å². The average Bonchev–Trinajstić information content (AvgIpc) is 3.26. The molecule has 12 heteroatoms. The van der Waals surface area contributed by atoms with Crippen LogP contribution in [0.5, 0.6) is 5.75 Å². The molecule has 0 aromatic heterocycles. The number of methoxy groups -OCH3 is 2. The standard InChI is InChI=1S/C19H18N6O6/c1-4-7-31-13-6-5-10(20-12(19(28)30-3)9-14(26)29-2)8-11(13)16-21-17-15(18(27)22-16)23-25-24-17/h5-6,8-9,20H,4,7H2,1-3H3. The maximum absolute atomic E-state index is 12.2. The molecule has 0 radical (unpaired) electrons. The largest absolute Gasteiger partial charge is 0.493 e. The van der Waals surface area contributed by atoms with Gasteiger partial charge in [-0.1, -0.05) is 6.92 Å². The number of benzene rings is 1. The zero-order valence-electron chi connectivity index (χ0n) is 16.9. The topological polar surface area (TPSA) is 153 Å². The molecule has 0 saturated carbocycles. The van der Waals surface area contributed by atoms with Crippen molar-refractivity contribution in [2.75, 3.05) is 26.1 Å². The van der Waals surface area contributed by atoms with Gasteiger partial charge in [-0.05, 0) is 29.8 Å². The highest BCUT2D eigenvalue weighted by molar-refractivity contribution is 6.69. The third kappa shape index (κ3) is 4.86. The van der Waals surface area contributed by atoms with E-state index in [-0.39, 0.29) is 23.1 Å². The molecule has 0 bridgehead atoms. The van der Waals surface area contributed by atoms with Crippen LogP contribution in [0.4, 0.5) is 5.69 Å². The molecule has 0 saturated heterocycles. The smallest absolute Gasteiger partial charge is 0.354 e. The lowest BCUT2D eigenvalue weighted by Crippen LogP contribution is -2.26. The van der Waals surface area contributed by atoms with E-state index in [1.165, 1.54) is 14.2 Å². The van der Waals surface area contributed by atoms with Gasteiger partial charge in [-0.2, -0.15) is 4.99 Å². The third-order valence-corrected chi connectivity index (χ3v) is 3.95.